The number of hydrogen-bond acceptors (Lipinski definition) is 4. The van der Waals surface area contributed by atoms with Crippen molar-refractivity contribution in [3.05, 3.63) is 95.0 Å². The molecule has 1 aromatic heterocycles. The first-order chi connectivity index (χ1) is 14.1. The third-order valence-corrected chi connectivity index (χ3v) is 5.98. The van der Waals surface area contributed by atoms with Crippen LogP contribution in [0.25, 0.3) is 17.1 Å². The molecule has 152 valence electrons. The Balaban J connectivity index is 0.00000256. The van der Waals surface area contributed by atoms with Crippen molar-refractivity contribution in [2.75, 3.05) is 0 Å². The van der Waals surface area contributed by atoms with Crippen LogP contribution in [0.3, 0.4) is 0 Å². The Morgan fingerprint density at radius 2 is 1.60 bits per heavy atom. The Bertz CT molecular complexity index is 1130. The SMILES string of the molecule is CC(Sc1nnc(-c2cccc(Br)c2)n1-c1ccccc1)C(=O)c1ccccc1.[Br-]. The molecule has 7 heteroatoms. The number of benzene rings is 3. The van der Waals surface area contributed by atoms with Crippen molar-refractivity contribution in [1.29, 1.82) is 0 Å². The summed E-state index contributed by atoms with van der Waals surface area (Å²) in [6.45, 7) is 1.91. The van der Waals surface area contributed by atoms with E-state index < -0.39 is 0 Å². The molecule has 1 heterocycles. The molecule has 4 aromatic rings. The van der Waals surface area contributed by atoms with Gasteiger partial charge in [0.1, 0.15) is 0 Å². The highest BCUT2D eigenvalue weighted by molar-refractivity contribution is 9.10. The van der Waals surface area contributed by atoms with Gasteiger partial charge in [-0.05, 0) is 31.2 Å². The van der Waals surface area contributed by atoms with Crippen LogP contribution in [0.2, 0.25) is 0 Å². The van der Waals surface area contributed by atoms with Crippen LogP contribution >= 0.6 is 27.7 Å². The Morgan fingerprint density at radius 1 is 0.933 bits per heavy atom. The van der Waals surface area contributed by atoms with Crippen molar-refractivity contribution in [2.45, 2.75) is 17.3 Å². The summed E-state index contributed by atoms with van der Waals surface area (Å²) in [6.07, 6.45) is 0. The van der Waals surface area contributed by atoms with E-state index in [1.54, 1.807) is 0 Å². The van der Waals surface area contributed by atoms with Gasteiger partial charge in [-0.2, -0.15) is 0 Å². The lowest BCUT2D eigenvalue weighted by Crippen LogP contribution is -3.00. The van der Waals surface area contributed by atoms with E-state index in [2.05, 4.69) is 26.1 Å². The molecular formula is C23H18Br2N3OS-. The van der Waals surface area contributed by atoms with E-state index in [1.165, 1.54) is 11.8 Å². The highest BCUT2D eigenvalue weighted by Gasteiger charge is 2.22. The lowest BCUT2D eigenvalue weighted by atomic mass is 10.1. The lowest BCUT2D eigenvalue weighted by Gasteiger charge is -2.13. The van der Waals surface area contributed by atoms with Crippen molar-refractivity contribution >= 4 is 33.5 Å². The summed E-state index contributed by atoms with van der Waals surface area (Å²) in [7, 11) is 0. The van der Waals surface area contributed by atoms with Crippen LogP contribution < -0.4 is 17.0 Å². The largest absolute Gasteiger partial charge is 1.00 e. The number of para-hydroxylation sites is 1. The van der Waals surface area contributed by atoms with Gasteiger partial charge in [-0.25, -0.2) is 0 Å². The number of nitrogens with zero attached hydrogens (tertiary/aromatic N) is 3. The minimum absolute atomic E-state index is 0. The van der Waals surface area contributed by atoms with Crippen LogP contribution in [-0.2, 0) is 0 Å². The fraction of sp³-hybridized carbons (Fsp3) is 0.0870. The zero-order valence-corrected chi connectivity index (χ0v) is 20.1. The molecule has 0 N–H and O–H groups in total. The summed E-state index contributed by atoms with van der Waals surface area (Å²) in [5, 5.41) is 9.26. The third-order valence-electron chi connectivity index (χ3n) is 4.44. The van der Waals surface area contributed by atoms with Crippen molar-refractivity contribution in [2.24, 2.45) is 0 Å². The summed E-state index contributed by atoms with van der Waals surface area (Å²) in [5.41, 5.74) is 2.60. The van der Waals surface area contributed by atoms with Gasteiger partial charge in [0.15, 0.2) is 16.8 Å². The predicted molar refractivity (Wildman–Crippen MR) is 121 cm³/mol. The molecule has 0 spiro atoms. The first kappa shape index (κ1) is 22.5. The molecule has 0 aliphatic heterocycles. The van der Waals surface area contributed by atoms with Gasteiger partial charge in [-0.1, -0.05) is 88.4 Å². The van der Waals surface area contributed by atoms with Gasteiger partial charge in [0, 0.05) is 21.3 Å². The first-order valence-electron chi connectivity index (χ1n) is 9.16. The Hall–Kier alpha value is -2.22. The molecular weight excluding hydrogens is 526 g/mol. The van der Waals surface area contributed by atoms with Gasteiger partial charge < -0.3 is 17.0 Å². The molecule has 0 amide bonds. The van der Waals surface area contributed by atoms with Crippen molar-refractivity contribution < 1.29 is 21.8 Å². The lowest BCUT2D eigenvalue weighted by molar-refractivity contribution is -0.0000132. The molecule has 4 rings (SSSR count). The predicted octanol–water partition coefficient (Wildman–Crippen LogP) is 3.06. The molecule has 1 atom stereocenters. The Morgan fingerprint density at radius 3 is 2.27 bits per heavy atom. The van der Waals surface area contributed by atoms with Gasteiger partial charge >= 0.3 is 0 Å². The number of carbonyl (C=O) groups is 1. The van der Waals surface area contributed by atoms with Gasteiger partial charge in [0.2, 0.25) is 0 Å². The molecule has 30 heavy (non-hydrogen) atoms. The van der Waals surface area contributed by atoms with Crippen LogP contribution in [0, 0.1) is 0 Å². The topological polar surface area (TPSA) is 47.8 Å². The van der Waals surface area contributed by atoms with E-state index in [1.807, 2.05) is 96.4 Å². The molecule has 0 radical (unpaired) electrons. The molecule has 0 aliphatic rings. The monoisotopic (exact) mass is 542 g/mol. The molecule has 0 fully saturated rings. The second-order valence-corrected chi connectivity index (χ2v) is 8.70. The minimum Gasteiger partial charge on any atom is -1.00 e. The van der Waals surface area contributed by atoms with Crippen molar-refractivity contribution in [3.8, 4) is 17.1 Å². The fourth-order valence-electron chi connectivity index (χ4n) is 3.02. The molecule has 1 unspecified atom stereocenters. The maximum absolute atomic E-state index is 12.8. The zero-order chi connectivity index (χ0) is 20.2. The van der Waals surface area contributed by atoms with Crippen LogP contribution in [0.1, 0.15) is 17.3 Å². The van der Waals surface area contributed by atoms with Crippen LogP contribution in [0.5, 0.6) is 0 Å². The second kappa shape index (κ2) is 10.2. The third kappa shape index (κ3) is 4.91. The summed E-state index contributed by atoms with van der Waals surface area (Å²) in [4.78, 5) is 12.8. The minimum atomic E-state index is -0.292. The van der Waals surface area contributed by atoms with E-state index in [0.717, 1.165) is 21.5 Å². The number of Topliss-reactive ketones (excluding diaryl/α,β-unsaturated/α-hetero) is 1. The number of aromatic nitrogens is 3. The number of hydrogen-bond donors (Lipinski definition) is 0. The normalized spacial score (nSPS) is 11.5. The van der Waals surface area contributed by atoms with E-state index in [4.69, 9.17) is 0 Å². The molecule has 0 bridgehead atoms. The van der Waals surface area contributed by atoms with Crippen LogP contribution in [0.15, 0.2) is 94.6 Å². The summed E-state index contributed by atoms with van der Waals surface area (Å²) >= 11 is 4.94. The molecule has 0 saturated heterocycles. The van der Waals surface area contributed by atoms with Gasteiger partial charge in [-0.3, -0.25) is 9.36 Å². The smallest absolute Gasteiger partial charge is 0.196 e. The van der Waals surface area contributed by atoms with Gasteiger partial charge in [0.05, 0.1) is 5.25 Å². The zero-order valence-electron chi connectivity index (χ0n) is 16.1. The van der Waals surface area contributed by atoms with Gasteiger partial charge in [-0.15, -0.1) is 10.2 Å². The van der Waals surface area contributed by atoms with Crippen LogP contribution in [-0.4, -0.2) is 25.8 Å². The molecule has 4 nitrogen and oxygen atoms in total. The highest BCUT2D eigenvalue weighted by Crippen LogP contribution is 2.32. The quantitative estimate of drug-likeness (QED) is 0.277. The van der Waals surface area contributed by atoms with Crippen molar-refractivity contribution in [3.63, 3.8) is 0 Å². The van der Waals surface area contributed by atoms with Crippen LogP contribution in [0.4, 0.5) is 0 Å². The van der Waals surface area contributed by atoms with E-state index in [9.17, 15) is 4.79 Å². The molecule has 0 aliphatic carbocycles. The van der Waals surface area contributed by atoms with Gasteiger partial charge in [0.25, 0.3) is 0 Å². The average Bonchev–Trinajstić information content (AvgIpc) is 3.18. The Labute approximate surface area is 198 Å². The summed E-state index contributed by atoms with van der Waals surface area (Å²) in [6, 6.07) is 27.3. The number of rotatable bonds is 6. The summed E-state index contributed by atoms with van der Waals surface area (Å²) in [5.74, 6) is 0.807. The molecule has 0 saturated carbocycles. The summed E-state index contributed by atoms with van der Waals surface area (Å²) < 4.78 is 2.97. The maximum Gasteiger partial charge on any atom is 0.196 e. The maximum atomic E-state index is 12.8. The van der Waals surface area contributed by atoms with Crippen molar-refractivity contribution in [1.82, 2.24) is 14.8 Å². The van der Waals surface area contributed by atoms with E-state index in [-0.39, 0.29) is 28.0 Å². The second-order valence-electron chi connectivity index (χ2n) is 6.48. The average molecular weight is 544 g/mol. The van der Waals surface area contributed by atoms with E-state index in [0.29, 0.717) is 10.7 Å². The number of thioether (sulfide) groups is 1. The number of carbonyl (C=O) groups excluding carboxylic acids is 1. The fourth-order valence-corrected chi connectivity index (χ4v) is 4.36. The number of ketones is 1. The standard InChI is InChI=1S/C23H18BrN3OS.BrH/c1-16(21(28)17-9-4-2-5-10-17)29-23-26-25-22(18-11-8-12-19(24)15-18)27(23)20-13-6-3-7-14-20;/h2-16H,1H3;1H/p-1. The first-order valence-corrected chi connectivity index (χ1v) is 10.8. The number of halogens is 2. The Kier molecular flexibility index (Phi) is 7.64. The highest BCUT2D eigenvalue weighted by atomic mass is 79.9. The van der Waals surface area contributed by atoms with E-state index >= 15 is 0 Å². The molecule has 3 aromatic carbocycles.